The average molecular weight is 267 g/mol. The molecule has 3 N–H and O–H groups in total. The molecular weight excluding hydrogens is 252 g/mol. The first-order chi connectivity index (χ1) is 8.51. The number of hydrogen-bond acceptors (Lipinski definition) is 3. The molecule has 0 saturated heterocycles. The molecule has 0 radical (unpaired) electrons. The summed E-state index contributed by atoms with van der Waals surface area (Å²) in [5, 5.41) is 1.35. The molecule has 0 aliphatic heterocycles. The summed E-state index contributed by atoms with van der Waals surface area (Å²) in [4.78, 5) is 14.7. The normalized spacial score (nSPS) is 12.7. The van der Waals surface area contributed by atoms with E-state index in [0.717, 1.165) is 5.39 Å². The Bertz CT molecular complexity index is 635. The summed E-state index contributed by atoms with van der Waals surface area (Å²) < 4.78 is 5.16. The number of ether oxygens (including phenoxy) is 1. The number of aromatic amines is 1. The fraction of sp³-hybridized carbons (Fsp3) is 0.308. The van der Waals surface area contributed by atoms with Gasteiger partial charge in [0, 0.05) is 17.0 Å². The van der Waals surface area contributed by atoms with Crippen molar-refractivity contribution in [1.82, 2.24) is 4.98 Å². The molecule has 0 aliphatic rings. The van der Waals surface area contributed by atoms with E-state index >= 15 is 0 Å². The number of aromatic nitrogens is 1. The van der Waals surface area contributed by atoms with Gasteiger partial charge in [-0.15, -0.1) is 0 Å². The van der Waals surface area contributed by atoms with Crippen molar-refractivity contribution >= 4 is 22.5 Å². The third-order valence-electron chi connectivity index (χ3n) is 2.74. The number of halogens is 1. The predicted molar refractivity (Wildman–Crippen MR) is 73.5 cm³/mol. The molecule has 0 amide bonds. The van der Waals surface area contributed by atoms with Crippen molar-refractivity contribution in [3.8, 4) is 5.75 Å². The van der Waals surface area contributed by atoms with Crippen LogP contribution in [0.5, 0.6) is 5.75 Å². The molecule has 0 saturated carbocycles. The quantitative estimate of drug-likeness (QED) is 0.894. The summed E-state index contributed by atoms with van der Waals surface area (Å²) in [6, 6.07) is 5.26. The van der Waals surface area contributed by atoms with Crippen LogP contribution in [-0.4, -0.2) is 18.1 Å². The number of methoxy groups -OCH3 is 1. The van der Waals surface area contributed by atoms with Crippen LogP contribution in [0.25, 0.3) is 10.9 Å². The van der Waals surface area contributed by atoms with E-state index in [9.17, 15) is 4.79 Å². The number of benzene rings is 1. The van der Waals surface area contributed by atoms with Crippen molar-refractivity contribution in [2.24, 2.45) is 5.73 Å². The molecule has 0 spiro atoms. The van der Waals surface area contributed by atoms with Gasteiger partial charge in [0.25, 0.3) is 5.56 Å². The lowest BCUT2D eigenvalue weighted by Crippen LogP contribution is -2.23. The van der Waals surface area contributed by atoms with E-state index in [-0.39, 0.29) is 11.6 Å². The molecule has 1 atom stereocenters. The lowest BCUT2D eigenvalue weighted by atomic mass is 10.1. The van der Waals surface area contributed by atoms with Crippen molar-refractivity contribution in [3.05, 3.63) is 39.1 Å². The minimum atomic E-state index is -0.124. The van der Waals surface area contributed by atoms with Gasteiger partial charge >= 0.3 is 0 Å². The Morgan fingerprint density at radius 1 is 1.44 bits per heavy atom. The second kappa shape index (κ2) is 5.00. The highest BCUT2D eigenvalue weighted by Crippen LogP contribution is 2.28. The fourth-order valence-electron chi connectivity index (χ4n) is 1.91. The Hall–Kier alpha value is -1.52. The fourth-order valence-corrected chi connectivity index (χ4v) is 2.15. The molecule has 2 rings (SSSR count). The third-order valence-corrected chi connectivity index (χ3v) is 3.03. The predicted octanol–water partition coefficient (Wildman–Crippen LogP) is 2.08. The summed E-state index contributed by atoms with van der Waals surface area (Å²) in [6.07, 6.45) is 0.538. The van der Waals surface area contributed by atoms with Crippen LogP contribution in [0.4, 0.5) is 0 Å². The van der Waals surface area contributed by atoms with Gasteiger partial charge in [-0.25, -0.2) is 0 Å². The zero-order chi connectivity index (χ0) is 13.3. The van der Waals surface area contributed by atoms with Gasteiger partial charge in [-0.3, -0.25) is 4.79 Å². The van der Waals surface area contributed by atoms with Crippen LogP contribution in [0.2, 0.25) is 5.02 Å². The van der Waals surface area contributed by atoms with Crippen LogP contribution in [0.3, 0.4) is 0 Å². The number of fused-ring (bicyclic) bond motifs is 1. The lowest BCUT2D eigenvalue weighted by Gasteiger charge is -2.08. The smallest absolute Gasteiger partial charge is 0.251 e. The molecule has 0 aliphatic carbocycles. The van der Waals surface area contributed by atoms with E-state index in [1.807, 2.05) is 13.0 Å². The lowest BCUT2D eigenvalue weighted by molar-refractivity contribution is 0.415. The first kappa shape index (κ1) is 12.9. The van der Waals surface area contributed by atoms with Crippen molar-refractivity contribution in [1.29, 1.82) is 0 Å². The molecule has 1 aromatic heterocycles. The maximum Gasteiger partial charge on any atom is 0.251 e. The molecule has 1 aromatic carbocycles. The van der Waals surface area contributed by atoms with Gasteiger partial charge in [-0.05, 0) is 31.5 Å². The minimum Gasteiger partial charge on any atom is -0.495 e. The summed E-state index contributed by atoms with van der Waals surface area (Å²) in [5.74, 6) is 0.586. The van der Waals surface area contributed by atoms with E-state index in [1.165, 1.54) is 0 Å². The van der Waals surface area contributed by atoms with Gasteiger partial charge in [0.05, 0.1) is 17.6 Å². The Kier molecular flexibility index (Phi) is 3.59. The average Bonchev–Trinajstić information content (AvgIpc) is 2.29. The number of pyridine rings is 1. The Labute approximate surface area is 110 Å². The SMILES string of the molecule is COc1cc2cc(CC(C)N)c(=O)[nH]c2cc1Cl. The van der Waals surface area contributed by atoms with E-state index < -0.39 is 0 Å². The van der Waals surface area contributed by atoms with Crippen LogP contribution in [0.1, 0.15) is 12.5 Å². The highest BCUT2D eigenvalue weighted by atomic mass is 35.5. The van der Waals surface area contributed by atoms with E-state index in [2.05, 4.69) is 4.98 Å². The Morgan fingerprint density at radius 2 is 2.17 bits per heavy atom. The summed E-state index contributed by atoms with van der Waals surface area (Å²) in [6.45, 7) is 1.87. The number of hydrogen-bond donors (Lipinski definition) is 2. The number of rotatable bonds is 3. The van der Waals surface area contributed by atoms with Gasteiger partial charge in [0.2, 0.25) is 0 Å². The first-order valence-electron chi connectivity index (χ1n) is 5.66. The van der Waals surface area contributed by atoms with Crippen molar-refractivity contribution in [2.45, 2.75) is 19.4 Å². The highest BCUT2D eigenvalue weighted by Gasteiger charge is 2.08. The molecule has 18 heavy (non-hydrogen) atoms. The Balaban J connectivity index is 2.62. The number of nitrogens with two attached hydrogens (primary N) is 1. The van der Waals surface area contributed by atoms with Gasteiger partial charge < -0.3 is 15.5 Å². The van der Waals surface area contributed by atoms with Crippen LogP contribution in [0, 0.1) is 0 Å². The van der Waals surface area contributed by atoms with Gasteiger partial charge in [0.15, 0.2) is 0 Å². The summed E-state index contributed by atoms with van der Waals surface area (Å²) in [7, 11) is 1.56. The highest BCUT2D eigenvalue weighted by molar-refractivity contribution is 6.32. The minimum absolute atomic E-state index is 0.0576. The molecule has 5 heteroatoms. The zero-order valence-electron chi connectivity index (χ0n) is 10.3. The van der Waals surface area contributed by atoms with Gasteiger partial charge in [0.1, 0.15) is 5.75 Å². The van der Waals surface area contributed by atoms with Crippen molar-refractivity contribution in [2.75, 3.05) is 7.11 Å². The summed E-state index contributed by atoms with van der Waals surface area (Å²) >= 11 is 6.01. The monoisotopic (exact) mass is 266 g/mol. The van der Waals surface area contributed by atoms with Crippen LogP contribution in [0.15, 0.2) is 23.0 Å². The first-order valence-corrected chi connectivity index (χ1v) is 6.04. The Morgan fingerprint density at radius 3 is 2.78 bits per heavy atom. The second-order valence-electron chi connectivity index (χ2n) is 4.38. The van der Waals surface area contributed by atoms with E-state index in [0.29, 0.717) is 28.3 Å². The van der Waals surface area contributed by atoms with Crippen LogP contribution in [-0.2, 0) is 6.42 Å². The molecule has 1 unspecified atom stereocenters. The maximum atomic E-state index is 11.8. The number of nitrogens with one attached hydrogen (secondary N) is 1. The third kappa shape index (κ3) is 2.49. The summed E-state index contributed by atoms with van der Waals surface area (Å²) in [5.41, 5.74) is 6.96. The van der Waals surface area contributed by atoms with Gasteiger partial charge in [-0.1, -0.05) is 11.6 Å². The second-order valence-corrected chi connectivity index (χ2v) is 4.79. The zero-order valence-corrected chi connectivity index (χ0v) is 11.0. The topological polar surface area (TPSA) is 68.1 Å². The van der Waals surface area contributed by atoms with E-state index in [4.69, 9.17) is 22.1 Å². The molecular formula is C13H15ClN2O2. The maximum absolute atomic E-state index is 11.8. The molecule has 1 heterocycles. The van der Waals surface area contributed by atoms with Gasteiger partial charge in [-0.2, -0.15) is 0 Å². The molecule has 0 fully saturated rings. The number of H-pyrrole nitrogens is 1. The largest absolute Gasteiger partial charge is 0.495 e. The van der Waals surface area contributed by atoms with Crippen molar-refractivity contribution < 1.29 is 4.74 Å². The van der Waals surface area contributed by atoms with E-state index in [1.54, 1.807) is 19.2 Å². The molecule has 96 valence electrons. The van der Waals surface area contributed by atoms with Crippen LogP contribution >= 0.6 is 11.6 Å². The molecule has 0 bridgehead atoms. The molecule has 2 aromatic rings. The van der Waals surface area contributed by atoms with Crippen molar-refractivity contribution in [3.63, 3.8) is 0 Å². The molecule has 4 nitrogen and oxygen atoms in total. The standard InChI is InChI=1S/C13H15ClN2O2/c1-7(15)3-9-4-8-5-12(18-2)10(14)6-11(8)16-13(9)17/h4-7H,3,15H2,1-2H3,(H,16,17). The van der Waals surface area contributed by atoms with Crippen LogP contribution < -0.4 is 16.0 Å².